The predicted molar refractivity (Wildman–Crippen MR) is 213 cm³/mol. The van der Waals surface area contributed by atoms with Gasteiger partial charge in [0.05, 0.1) is 10.3 Å². The second-order valence-electron chi connectivity index (χ2n) is 16.0. The highest BCUT2D eigenvalue weighted by molar-refractivity contribution is 7.22. The molecule has 2 aromatic heterocycles. The number of alkyl halides is 2. The Kier molecular flexibility index (Phi) is 19.3. The minimum absolute atomic E-state index is 0.270. The van der Waals surface area contributed by atoms with Crippen molar-refractivity contribution in [3.8, 4) is 9.75 Å². The highest BCUT2D eigenvalue weighted by atomic mass is 32.1. The Labute approximate surface area is 304 Å². The van der Waals surface area contributed by atoms with Gasteiger partial charge >= 0.3 is 0 Å². The minimum Gasteiger partial charge on any atom is -0.200 e. The van der Waals surface area contributed by atoms with Crippen LogP contribution in [-0.2, 0) is 11.3 Å². The van der Waals surface area contributed by atoms with Crippen molar-refractivity contribution in [1.82, 2.24) is 0 Å². The van der Waals surface area contributed by atoms with Gasteiger partial charge in [-0.15, -0.1) is 22.7 Å². The molecule has 0 amide bonds. The van der Waals surface area contributed by atoms with E-state index in [9.17, 15) is 0 Å². The lowest BCUT2D eigenvalue weighted by Crippen LogP contribution is -2.45. The van der Waals surface area contributed by atoms with Crippen molar-refractivity contribution >= 4 is 22.7 Å². The van der Waals surface area contributed by atoms with Crippen LogP contribution < -0.4 is 0 Å². The minimum atomic E-state index is -2.83. The van der Waals surface area contributed by atoms with Crippen LogP contribution in [0.5, 0.6) is 0 Å². The zero-order chi connectivity index (χ0) is 34.8. The Morgan fingerprint density at radius 2 is 0.750 bits per heavy atom. The molecular formula is C44H74F2S2. The van der Waals surface area contributed by atoms with Gasteiger partial charge in [0.2, 0.25) is 0 Å². The second kappa shape index (κ2) is 22.3. The van der Waals surface area contributed by atoms with Crippen molar-refractivity contribution in [2.24, 2.45) is 0 Å². The largest absolute Gasteiger partial charge is 0.284 e. The molecule has 2 heterocycles. The number of fused-ring (bicyclic) bond motifs is 3. The molecule has 0 radical (unpaired) electrons. The summed E-state index contributed by atoms with van der Waals surface area (Å²) in [5, 5.41) is 0. The van der Waals surface area contributed by atoms with Crippen LogP contribution in [0.4, 0.5) is 8.78 Å². The van der Waals surface area contributed by atoms with Gasteiger partial charge in [0.15, 0.2) is 0 Å². The van der Waals surface area contributed by atoms with Crippen molar-refractivity contribution in [2.45, 2.75) is 232 Å². The molecule has 0 aliphatic heterocycles. The molecule has 0 fully saturated rings. The van der Waals surface area contributed by atoms with Crippen LogP contribution in [0.2, 0.25) is 0 Å². The molecule has 0 unspecified atom stereocenters. The number of thiophene rings is 2. The molecule has 0 nitrogen and oxygen atoms in total. The van der Waals surface area contributed by atoms with Crippen molar-refractivity contribution in [1.29, 1.82) is 0 Å². The lowest BCUT2D eigenvalue weighted by Gasteiger charge is -2.44. The summed E-state index contributed by atoms with van der Waals surface area (Å²) in [7, 11) is 0. The Morgan fingerprint density at radius 3 is 1.08 bits per heavy atom. The molecule has 0 atom stereocenters. The van der Waals surface area contributed by atoms with Gasteiger partial charge < -0.3 is 0 Å². The first-order valence-electron chi connectivity index (χ1n) is 20.9. The molecule has 0 bridgehead atoms. The first-order chi connectivity index (χ1) is 23.2. The van der Waals surface area contributed by atoms with E-state index in [4.69, 9.17) is 0 Å². The summed E-state index contributed by atoms with van der Waals surface area (Å²) in [6.45, 7) is 13.3. The third kappa shape index (κ3) is 11.9. The zero-order valence-corrected chi connectivity index (χ0v) is 33.9. The maximum Gasteiger partial charge on any atom is 0.284 e. The van der Waals surface area contributed by atoms with Gasteiger partial charge in [0.25, 0.3) is 5.92 Å². The van der Waals surface area contributed by atoms with Crippen LogP contribution in [-0.4, -0.2) is 0 Å². The molecule has 0 spiro atoms. The van der Waals surface area contributed by atoms with E-state index in [0.29, 0.717) is 24.3 Å². The van der Waals surface area contributed by atoms with Crippen LogP contribution in [0.1, 0.15) is 241 Å². The highest BCUT2D eigenvalue weighted by Crippen LogP contribution is 2.64. The molecule has 4 heteroatoms. The first kappa shape index (κ1) is 41.7. The van der Waals surface area contributed by atoms with E-state index < -0.39 is 11.3 Å². The number of unbranched alkanes of at least 4 members (excludes halogenated alkanes) is 22. The Hall–Kier alpha value is -0.740. The van der Waals surface area contributed by atoms with Gasteiger partial charge in [-0.25, -0.2) is 8.78 Å². The fourth-order valence-corrected chi connectivity index (χ4v) is 10.6. The van der Waals surface area contributed by atoms with Gasteiger partial charge in [0, 0.05) is 20.2 Å². The molecule has 1 aliphatic rings. The topological polar surface area (TPSA) is 0 Å². The van der Waals surface area contributed by atoms with Gasteiger partial charge in [-0.1, -0.05) is 196 Å². The van der Waals surface area contributed by atoms with Crippen LogP contribution in [0, 0.1) is 0 Å². The molecular weight excluding hydrogens is 631 g/mol. The highest BCUT2D eigenvalue weighted by Gasteiger charge is 2.60. The average molecular weight is 705 g/mol. The lowest BCUT2D eigenvalue weighted by atomic mass is 9.63. The SMILES string of the molecule is CCCCCCCCCCCCCCC1(CCCCCCCCCCCCCC)c2cc(C(C)C)sc2-c2sc(C(C)C)cc2C1(F)F. The fraction of sp³-hybridized carbons (Fsp3) is 0.818. The second-order valence-corrected chi connectivity index (χ2v) is 18.2. The molecule has 2 aromatic rings. The third-order valence-corrected chi connectivity index (χ3v) is 14.3. The predicted octanol–water partition coefficient (Wildman–Crippen LogP) is 17.2. The van der Waals surface area contributed by atoms with Gasteiger partial charge in [-0.05, 0) is 42.4 Å². The summed E-state index contributed by atoms with van der Waals surface area (Å²) < 4.78 is 34.7. The summed E-state index contributed by atoms with van der Waals surface area (Å²) >= 11 is 3.45. The van der Waals surface area contributed by atoms with E-state index in [2.05, 4.69) is 47.6 Å². The van der Waals surface area contributed by atoms with E-state index in [1.165, 1.54) is 138 Å². The van der Waals surface area contributed by atoms with Crippen LogP contribution in [0.15, 0.2) is 12.1 Å². The summed E-state index contributed by atoms with van der Waals surface area (Å²) in [6.07, 6.45) is 31.8. The number of halogens is 2. The van der Waals surface area contributed by atoms with E-state index in [-0.39, 0.29) is 5.92 Å². The quantitative estimate of drug-likeness (QED) is 0.0774. The normalized spacial score (nSPS) is 15.0. The van der Waals surface area contributed by atoms with Crippen molar-refractivity contribution in [2.75, 3.05) is 0 Å². The Morgan fingerprint density at radius 1 is 0.458 bits per heavy atom. The molecule has 48 heavy (non-hydrogen) atoms. The molecule has 0 N–H and O–H groups in total. The van der Waals surface area contributed by atoms with E-state index in [1.54, 1.807) is 11.3 Å². The summed E-state index contributed by atoms with van der Waals surface area (Å²) in [4.78, 5) is 4.43. The third-order valence-electron chi connectivity index (χ3n) is 11.2. The van der Waals surface area contributed by atoms with E-state index in [0.717, 1.165) is 41.0 Å². The summed E-state index contributed by atoms with van der Waals surface area (Å²) in [6, 6.07) is 4.14. The van der Waals surface area contributed by atoms with E-state index in [1.807, 2.05) is 17.4 Å². The molecule has 3 rings (SSSR count). The monoisotopic (exact) mass is 705 g/mol. The van der Waals surface area contributed by atoms with Gasteiger partial charge in [-0.3, -0.25) is 0 Å². The molecule has 276 valence electrons. The maximum atomic E-state index is 17.3. The van der Waals surface area contributed by atoms with Crippen LogP contribution >= 0.6 is 22.7 Å². The van der Waals surface area contributed by atoms with E-state index >= 15 is 8.78 Å². The Balaban J connectivity index is 1.65. The summed E-state index contributed by atoms with van der Waals surface area (Å²) in [5.74, 6) is -2.20. The standard InChI is InChI=1S/C44H74F2S2/c1-7-9-11-13-15-17-19-21-23-25-27-29-31-43(32-30-28-26-24-22-20-18-16-14-12-10-8-2)37-33-39(35(3)4)47-41(37)42-38(44(43,45)46)34-40(48-42)36(5)6/h33-36H,7-32H2,1-6H3. The van der Waals surface area contributed by atoms with Gasteiger partial charge in [0.1, 0.15) is 0 Å². The smallest absolute Gasteiger partial charge is 0.200 e. The average Bonchev–Trinajstić information content (AvgIpc) is 3.71. The molecule has 0 saturated heterocycles. The number of hydrogen-bond acceptors (Lipinski definition) is 2. The van der Waals surface area contributed by atoms with Crippen molar-refractivity contribution in [3.63, 3.8) is 0 Å². The molecule has 0 aromatic carbocycles. The fourth-order valence-electron chi connectivity index (χ4n) is 7.99. The number of rotatable bonds is 28. The molecule has 0 saturated carbocycles. The zero-order valence-electron chi connectivity index (χ0n) is 32.3. The van der Waals surface area contributed by atoms with Crippen LogP contribution in [0.25, 0.3) is 9.75 Å². The van der Waals surface area contributed by atoms with Crippen LogP contribution in [0.3, 0.4) is 0 Å². The van der Waals surface area contributed by atoms with Gasteiger partial charge in [-0.2, -0.15) is 0 Å². The Bertz CT molecular complexity index is 1100. The van der Waals surface area contributed by atoms with Crippen molar-refractivity contribution in [3.05, 3.63) is 33.0 Å². The number of hydrogen-bond donors (Lipinski definition) is 0. The van der Waals surface area contributed by atoms with Crippen molar-refractivity contribution < 1.29 is 8.78 Å². The lowest BCUT2D eigenvalue weighted by molar-refractivity contribution is -0.0975. The summed E-state index contributed by atoms with van der Waals surface area (Å²) in [5.41, 5.74) is 0.265. The maximum absolute atomic E-state index is 17.3. The first-order valence-corrected chi connectivity index (χ1v) is 22.5. The molecule has 1 aliphatic carbocycles.